The zero-order valence-corrected chi connectivity index (χ0v) is 13.2. The van der Waals surface area contributed by atoms with E-state index in [4.69, 9.17) is 16.3 Å². The van der Waals surface area contributed by atoms with Crippen LogP contribution < -0.4 is 5.32 Å². The molecule has 8 heteroatoms. The number of nitrogens with one attached hydrogen (secondary N) is 1. The number of carbonyl (C=O) groups is 2. The van der Waals surface area contributed by atoms with Crippen molar-refractivity contribution in [3.05, 3.63) is 52.8 Å². The Labute approximate surface area is 137 Å². The fourth-order valence-electron chi connectivity index (χ4n) is 1.92. The summed E-state index contributed by atoms with van der Waals surface area (Å²) < 4.78 is 6.43. The van der Waals surface area contributed by atoms with Crippen molar-refractivity contribution in [2.75, 3.05) is 0 Å². The number of nitrogens with zero attached hydrogens (tertiary/aromatic N) is 2. The minimum Gasteiger partial charge on any atom is -0.480 e. The topological polar surface area (TPSA) is 93.5 Å². The number of alkyl carbamates (subject to hydrolysis) is 1. The van der Waals surface area contributed by atoms with Crippen molar-refractivity contribution >= 4 is 23.7 Å². The summed E-state index contributed by atoms with van der Waals surface area (Å²) >= 11 is 5.86. The molecule has 1 aromatic carbocycles. The third kappa shape index (κ3) is 5.00. The molecule has 0 saturated carbocycles. The van der Waals surface area contributed by atoms with E-state index in [9.17, 15) is 14.7 Å². The Kier molecular flexibility index (Phi) is 5.59. The predicted octanol–water partition coefficient (Wildman–Crippen LogP) is 2.00. The van der Waals surface area contributed by atoms with Crippen molar-refractivity contribution in [3.63, 3.8) is 0 Å². The van der Waals surface area contributed by atoms with Crippen molar-refractivity contribution < 1.29 is 19.4 Å². The molecule has 0 spiro atoms. The summed E-state index contributed by atoms with van der Waals surface area (Å²) in [6.07, 6.45) is -0.792. The quantitative estimate of drug-likeness (QED) is 0.840. The lowest BCUT2D eigenvalue weighted by molar-refractivity contribution is -0.139. The average molecular weight is 338 g/mol. The van der Waals surface area contributed by atoms with Crippen LogP contribution in [0.15, 0.2) is 36.4 Å². The Hall–Kier alpha value is -2.54. The fourth-order valence-corrected chi connectivity index (χ4v) is 2.08. The minimum absolute atomic E-state index is 0.0102. The summed E-state index contributed by atoms with van der Waals surface area (Å²) in [7, 11) is 1.64. The first-order valence-electron chi connectivity index (χ1n) is 6.84. The smallest absolute Gasteiger partial charge is 0.408 e. The lowest BCUT2D eigenvalue weighted by Crippen LogP contribution is -2.42. The van der Waals surface area contributed by atoms with Crippen molar-refractivity contribution in [1.82, 2.24) is 15.1 Å². The maximum Gasteiger partial charge on any atom is 0.408 e. The molecule has 2 aromatic rings. The SMILES string of the molecule is Cn1nc(CC(NC(=O)OCc2ccccc2)C(=O)O)cc1Cl. The van der Waals surface area contributed by atoms with Crippen LogP contribution in [0.2, 0.25) is 5.15 Å². The van der Waals surface area contributed by atoms with Crippen LogP contribution in [-0.2, 0) is 29.6 Å². The Morgan fingerprint density at radius 1 is 1.39 bits per heavy atom. The highest BCUT2D eigenvalue weighted by Crippen LogP contribution is 2.11. The molecular weight excluding hydrogens is 322 g/mol. The largest absolute Gasteiger partial charge is 0.480 e. The van der Waals surface area contributed by atoms with E-state index in [2.05, 4.69) is 10.4 Å². The van der Waals surface area contributed by atoms with Crippen LogP contribution in [0, 0.1) is 0 Å². The summed E-state index contributed by atoms with van der Waals surface area (Å²) in [5, 5.41) is 16.0. The number of halogens is 1. The molecule has 1 heterocycles. The molecule has 0 aliphatic rings. The fraction of sp³-hybridized carbons (Fsp3) is 0.267. The number of amides is 1. The van der Waals surface area contributed by atoms with E-state index < -0.39 is 18.1 Å². The number of rotatable bonds is 6. The zero-order valence-electron chi connectivity index (χ0n) is 12.4. The number of aliphatic carboxylic acids is 1. The van der Waals surface area contributed by atoms with Gasteiger partial charge in [0.25, 0.3) is 0 Å². The molecule has 2 N–H and O–H groups in total. The van der Waals surface area contributed by atoms with Gasteiger partial charge in [-0.2, -0.15) is 5.10 Å². The van der Waals surface area contributed by atoms with Crippen molar-refractivity contribution in [2.24, 2.45) is 7.05 Å². The van der Waals surface area contributed by atoms with Gasteiger partial charge in [0.15, 0.2) is 0 Å². The second kappa shape index (κ2) is 7.64. The molecule has 23 heavy (non-hydrogen) atoms. The molecule has 0 aliphatic carbocycles. The molecule has 0 bridgehead atoms. The van der Waals surface area contributed by atoms with Gasteiger partial charge in [-0.3, -0.25) is 4.68 Å². The number of carboxylic acid groups (broad SMARTS) is 1. The Morgan fingerprint density at radius 3 is 2.65 bits per heavy atom. The number of hydrogen-bond donors (Lipinski definition) is 2. The van der Waals surface area contributed by atoms with Gasteiger partial charge in [0.2, 0.25) is 0 Å². The molecule has 122 valence electrons. The van der Waals surface area contributed by atoms with E-state index >= 15 is 0 Å². The monoisotopic (exact) mass is 337 g/mol. The predicted molar refractivity (Wildman–Crippen MR) is 83.1 cm³/mol. The van der Waals surface area contributed by atoms with E-state index in [-0.39, 0.29) is 13.0 Å². The van der Waals surface area contributed by atoms with Crippen LogP contribution in [0.3, 0.4) is 0 Å². The van der Waals surface area contributed by atoms with Crippen LogP contribution in [0.1, 0.15) is 11.3 Å². The summed E-state index contributed by atoms with van der Waals surface area (Å²) in [6, 6.07) is 9.50. The van der Waals surface area contributed by atoms with Gasteiger partial charge in [-0.25, -0.2) is 9.59 Å². The van der Waals surface area contributed by atoms with E-state index in [1.54, 1.807) is 25.2 Å². The van der Waals surface area contributed by atoms with Gasteiger partial charge >= 0.3 is 12.1 Å². The van der Waals surface area contributed by atoms with Crippen LogP contribution in [0.5, 0.6) is 0 Å². The van der Waals surface area contributed by atoms with E-state index in [1.807, 2.05) is 18.2 Å². The number of carbonyl (C=O) groups excluding carboxylic acids is 1. The van der Waals surface area contributed by atoms with Crippen LogP contribution >= 0.6 is 11.6 Å². The zero-order chi connectivity index (χ0) is 16.8. The van der Waals surface area contributed by atoms with Gasteiger partial charge < -0.3 is 15.2 Å². The van der Waals surface area contributed by atoms with Crippen LogP contribution in [0.25, 0.3) is 0 Å². The Balaban J connectivity index is 1.91. The van der Waals surface area contributed by atoms with Crippen LogP contribution in [0.4, 0.5) is 4.79 Å². The van der Waals surface area contributed by atoms with Gasteiger partial charge in [-0.1, -0.05) is 41.9 Å². The molecule has 1 aromatic heterocycles. The summed E-state index contributed by atoms with van der Waals surface area (Å²) in [6.45, 7) is 0.0639. The Morgan fingerprint density at radius 2 is 2.09 bits per heavy atom. The summed E-state index contributed by atoms with van der Waals surface area (Å²) in [5.74, 6) is -1.18. The first kappa shape index (κ1) is 16.8. The second-order valence-corrected chi connectivity index (χ2v) is 5.27. The van der Waals surface area contributed by atoms with Gasteiger partial charge in [-0.15, -0.1) is 0 Å². The molecule has 2 rings (SSSR count). The van der Waals surface area contributed by atoms with Gasteiger partial charge in [0, 0.05) is 13.5 Å². The first-order valence-corrected chi connectivity index (χ1v) is 7.22. The molecule has 0 saturated heterocycles. The number of aryl methyl sites for hydroxylation is 1. The molecule has 0 radical (unpaired) electrons. The van der Waals surface area contributed by atoms with Crippen molar-refractivity contribution in [1.29, 1.82) is 0 Å². The normalized spacial score (nSPS) is 11.7. The number of hydrogen-bond acceptors (Lipinski definition) is 4. The van der Waals surface area contributed by atoms with Gasteiger partial charge in [0.1, 0.15) is 17.8 Å². The van der Waals surface area contributed by atoms with Gasteiger partial charge in [0.05, 0.1) is 5.69 Å². The van der Waals surface area contributed by atoms with E-state index in [1.165, 1.54) is 4.68 Å². The molecule has 0 aliphatic heterocycles. The lowest BCUT2D eigenvalue weighted by Gasteiger charge is -2.13. The molecule has 1 unspecified atom stereocenters. The molecule has 1 amide bonds. The molecule has 1 atom stereocenters. The maximum absolute atomic E-state index is 11.7. The highest BCUT2D eigenvalue weighted by atomic mass is 35.5. The average Bonchev–Trinajstić information content (AvgIpc) is 2.83. The molecule has 7 nitrogen and oxygen atoms in total. The van der Waals surface area contributed by atoms with Crippen molar-refractivity contribution in [3.8, 4) is 0 Å². The minimum atomic E-state index is -1.18. The molecular formula is C15H16ClN3O4. The third-order valence-corrected chi connectivity index (χ3v) is 3.44. The third-order valence-electron chi connectivity index (χ3n) is 3.09. The number of carboxylic acids is 1. The number of ether oxygens (including phenoxy) is 1. The maximum atomic E-state index is 11.7. The van der Waals surface area contributed by atoms with Gasteiger partial charge in [-0.05, 0) is 11.6 Å². The summed E-state index contributed by atoms with van der Waals surface area (Å²) in [4.78, 5) is 23.0. The first-order chi connectivity index (χ1) is 11.0. The van der Waals surface area contributed by atoms with E-state index in [0.29, 0.717) is 10.8 Å². The lowest BCUT2D eigenvalue weighted by atomic mass is 10.1. The highest BCUT2D eigenvalue weighted by Gasteiger charge is 2.22. The Bertz CT molecular complexity index is 668. The van der Waals surface area contributed by atoms with E-state index in [0.717, 1.165) is 5.56 Å². The highest BCUT2D eigenvalue weighted by molar-refractivity contribution is 6.29. The standard InChI is InChI=1S/C15H16ClN3O4/c1-19-13(16)8-11(18-19)7-12(14(20)21)17-15(22)23-9-10-5-3-2-4-6-10/h2-6,8,12H,7,9H2,1H3,(H,17,22)(H,20,21). The molecule has 0 fully saturated rings. The summed E-state index contributed by atoms with van der Waals surface area (Å²) in [5.41, 5.74) is 1.28. The number of aromatic nitrogens is 2. The second-order valence-electron chi connectivity index (χ2n) is 4.88. The van der Waals surface area contributed by atoms with Crippen molar-refractivity contribution in [2.45, 2.75) is 19.1 Å². The number of benzene rings is 1. The van der Waals surface area contributed by atoms with Crippen LogP contribution in [-0.4, -0.2) is 33.0 Å².